The molecule has 2 heterocycles. The first-order valence-corrected chi connectivity index (χ1v) is 14.0. The van der Waals surface area contributed by atoms with Gasteiger partial charge in [0.05, 0.1) is 0 Å². The van der Waals surface area contributed by atoms with Crippen molar-refractivity contribution in [1.82, 2.24) is 0 Å². The van der Waals surface area contributed by atoms with Gasteiger partial charge in [-0.1, -0.05) is 60.7 Å². The van der Waals surface area contributed by atoms with Crippen molar-refractivity contribution >= 4 is 15.8 Å². The maximum atomic E-state index is 2.34. The normalized spacial score (nSPS) is 28.5. The third kappa shape index (κ3) is 4.97. The summed E-state index contributed by atoms with van der Waals surface area (Å²) in [4.78, 5) is 0. The Morgan fingerprint density at radius 3 is 1.46 bits per heavy atom. The summed E-state index contributed by atoms with van der Waals surface area (Å²) in [5.41, 5.74) is 5.16. The molecular weight excluding hydrogens is 350 g/mol. The molecule has 0 saturated carbocycles. The van der Waals surface area contributed by atoms with E-state index in [0.717, 1.165) is 11.3 Å². The molecule has 4 atom stereocenters. The van der Waals surface area contributed by atoms with Crippen molar-refractivity contribution in [3.8, 4) is 0 Å². The maximum Gasteiger partial charge on any atom is -0.0168 e. The topological polar surface area (TPSA) is 0 Å². The molecule has 0 aliphatic carbocycles. The van der Waals surface area contributed by atoms with Crippen LogP contribution in [0.25, 0.3) is 0 Å². The van der Waals surface area contributed by atoms with Crippen LogP contribution in [0.2, 0.25) is 0 Å². The number of rotatable bonds is 7. The van der Waals surface area contributed by atoms with Crippen LogP contribution < -0.4 is 0 Å². The van der Waals surface area contributed by atoms with Crippen molar-refractivity contribution < 1.29 is 0 Å². The van der Waals surface area contributed by atoms with Gasteiger partial charge in [-0.3, -0.25) is 0 Å². The van der Waals surface area contributed by atoms with E-state index in [9.17, 15) is 0 Å². The van der Waals surface area contributed by atoms with Crippen molar-refractivity contribution in [2.45, 2.75) is 49.8 Å². The smallest absolute Gasteiger partial charge is 0.0168 e. The van der Waals surface area contributed by atoms with Crippen molar-refractivity contribution in [2.24, 2.45) is 0 Å². The quantitative estimate of drug-likeness (QED) is 0.464. The van der Waals surface area contributed by atoms with Gasteiger partial charge < -0.3 is 0 Å². The second kappa shape index (κ2) is 9.48. The van der Waals surface area contributed by atoms with Gasteiger partial charge in [-0.15, -0.1) is 15.8 Å². The summed E-state index contributed by atoms with van der Waals surface area (Å²) in [5.74, 6) is 0. The molecule has 2 aliphatic rings. The SMILES string of the molecule is c1ccc(CC2CCCP2CCP2CCCC2Cc2ccccc2)cc1. The zero-order valence-corrected chi connectivity index (χ0v) is 17.7. The van der Waals surface area contributed by atoms with Crippen molar-refractivity contribution in [3.05, 3.63) is 71.8 Å². The molecule has 26 heavy (non-hydrogen) atoms. The zero-order chi connectivity index (χ0) is 17.6. The number of hydrogen-bond acceptors (Lipinski definition) is 0. The van der Waals surface area contributed by atoms with Crippen LogP contribution in [0, 0.1) is 0 Å². The molecule has 2 fully saturated rings. The lowest BCUT2D eigenvalue weighted by Crippen LogP contribution is -2.11. The first kappa shape index (κ1) is 18.7. The van der Waals surface area contributed by atoms with Crippen LogP contribution in [0.4, 0.5) is 0 Å². The predicted molar refractivity (Wildman–Crippen MR) is 120 cm³/mol. The highest BCUT2D eigenvalue weighted by Crippen LogP contribution is 2.57. The molecule has 0 amide bonds. The monoisotopic (exact) mass is 382 g/mol. The van der Waals surface area contributed by atoms with Crippen molar-refractivity contribution in [1.29, 1.82) is 0 Å². The van der Waals surface area contributed by atoms with E-state index in [1.54, 1.807) is 35.8 Å². The van der Waals surface area contributed by atoms with E-state index >= 15 is 0 Å². The van der Waals surface area contributed by atoms with Gasteiger partial charge in [0.1, 0.15) is 0 Å². The minimum atomic E-state index is 0.289. The molecule has 0 radical (unpaired) electrons. The highest BCUT2D eigenvalue weighted by Gasteiger charge is 2.30. The maximum absolute atomic E-state index is 2.34. The summed E-state index contributed by atoms with van der Waals surface area (Å²) in [6.45, 7) is 0. The third-order valence-electron chi connectivity index (χ3n) is 6.30. The van der Waals surface area contributed by atoms with Gasteiger partial charge in [0.2, 0.25) is 0 Å². The molecule has 2 saturated heterocycles. The second-order valence-electron chi connectivity index (χ2n) is 8.04. The van der Waals surface area contributed by atoms with Gasteiger partial charge in [0.15, 0.2) is 0 Å². The van der Waals surface area contributed by atoms with Gasteiger partial charge in [-0.25, -0.2) is 0 Å². The summed E-state index contributed by atoms with van der Waals surface area (Å²) >= 11 is 0. The lowest BCUT2D eigenvalue weighted by molar-refractivity contribution is 0.772. The molecule has 0 spiro atoms. The van der Waals surface area contributed by atoms with Crippen LogP contribution in [0.1, 0.15) is 36.8 Å². The fourth-order valence-corrected chi connectivity index (χ4v) is 12.0. The Morgan fingerprint density at radius 1 is 0.615 bits per heavy atom. The third-order valence-corrected chi connectivity index (χ3v) is 13.0. The summed E-state index contributed by atoms with van der Waals surface area (Å²) in [7, 11) is 0.579. The standard InChI is InChI=1S/C24H32P2/c1-3-9-21(10-4-1)19-23-13-7-15-25(23)17-18-26-16-8-14-24(26)20-22-11-5-2-6-12-22/h1-6,9-12,23-24H,7-8,13-20H2. The van der Waals surface area contributed by atoms with Crippen LogP contribution in [0.15, 0.2) is 60.7 Å². The molecule has 4 rings (SSSR count). The molecular formula is C24H32P2. The molecule has 0 N–H and O–H groups in total. The van der Waals surface area contributed by atoms with Crippen LogP contribution in [-0.2, 0) is 12.8 Å². The largest absolute Gasteiger partial charge is 0.103 e. The second-order valence-corrected chi connectivity index (χ2v) is 13.6. The molecule has 2 aromatic rings. The van der Waals surface area contributed by atoms with Gasteiger partial charge >= 0.3 is 0 Å². The Hall–Kier alpha value is -0.700. The van der Waals surface area contributed by atoms with Crippen molar-refractivity contribution in [3.63, 3.8) is 0 Å². The molecule has 0 bridgehead atoms. The zero-order valence-electron chi connectivity index (χ0n) is 15.9. The van der Waals surface area contributed by atoms with E-state index in [-0.39, 0.29) is 15.8 Å². The summed E-state index contributed by atoms with van der Waals surface area (Å²) in [6.07, 6.45) is 14.9. The van der Waals surface area contributed by atoms with Crippen LogP contribution in [0.5, 0.6) is 0 Å². The summed E-state index contributed by atoms with van der Waals surface area (Å²) < 4.78 is 0. The van der Waals surface area contributed by atoms with Gasteiger partial charge in [0.25, 0.3) is 0 Å². The molecule has 4 unspecified atom stereocenters. The molecule has 2 heteroatoms. The Morgan fingerprint density at radius 2 is 1.04 bits per heavy atom. The molecule has 0 nitrogen and oxygen atoms in total. The fourth-order valence-electron chi connectivity index (χ4n) is 4.87. The van der Waals surface area contributed by atoms with Gasteiger partial charge in [0, 0.05) is 0 Å². The van der Waals surface area contributed by atoms with E-state index in [4.69, 9.17) is 0 Å². The fraction of sp³-hybridized carbons (Fsp3) is 0.500. The minimum Gasteiger partial charge on any atom is -0.103 e. The van der Waals surface area contributed by atoms with E-state index in [1.165, 1.54) is 38.5 Å². The predicted octanol–water partition coefficient (Wildman–Crippen LogP) is 6.76. The minimum absolute atomic E-state index is 0.289. The van der Waals surface area contributed by atoms with E-state index in [2.05, 4.69) is 60.7 Å². The van der Waals surface area contributed by atoms with Gasteiger partial charge in [-0.2, -0.15) is 0 Å². The highest BCUT2D eigenvalue weighted by atomic mass is 31.1. The summed E-state index contributed by atoms with van der Waals surface area (Å²) in [6, 6.07) is 22.5. The Bertz CT molecular complexity index is 595. The van der Waals surface area contributed by atoms with Crippen LogP contribution >= 0.6 is 15.8 Å². The van der Waals surface area contributed by atoms with E-state index in [1.807, 2.05) is 0 Å². The Labute approximate surface area is 162 Å². The van der Waals surface area contributed by atoms with Crippen LogP contribution in [-0.4, -0.2) is 36.0 Å². The molecule has 2 aromatic carbocycles. The Balaban J connectivity index is 1.29. The first-order valence-electron chi connectivity index (χ1n) is 10.4. The van der Waals surface area contributed by atoms with Crippen molar-refractivity contribution in [2.75, 3.05) is 24.6 Å². The van der Waals surface area contributed by atoms with Gasteiger partial charge in [-0.05, 0) is 85.6 Å². The molecule has 138 valence electrons. The first-order chi connectivity index (χ1) is 12.9. The lowest BCUT2D eigenvalue weighted by atomic mass is 10.1. The van der Waals surface area contributed by atoms with E-state index in [0.29, 0.717) is 0 Å². The Kier molecular flexibility index (Phi) is 6.80. The molecule has 2 aliphatic heterocycles. The lowest BCUT2D eigenvalue weighted by Gasteiger charge is -2.25. The average molecular weight is 382 g/mol. The highest BCUT2D eigenvalue weighted by molar-refractivity contribution is 7.62. The number of hydrogen-bond donors (Lipinski definition) is 0. The average Bonchev–Trinajstić information content (AvgIpc) is 3.31. The van der Waals surface area contributed by atoms with E-state index < -0.39 is 0 Å². The number of benzene rings is 2. The summed E-state index contributed by atoms with van der Waals surface area (Å²) in [5, 5.41) is 0. The van der Waals surface area contributed by atoms with Crippen LogP contribution in [0.3, 0.4) is 0 Å². The molecule has 0 aromatic heterocycles.